The van der Waals surface area contributed by atoms with E-state index >= 15 is 0 Å². The smallest absolute Gasteiger partial charge is 0.341 e. The lowest BCUT2D eigenvalue weighted by Gasteiger charge is -2.13. The molecule has 0 saturated carbocycles. The first-order valence-corrected chi connectivity index (χ1v) is 7.71. The fourth-order valence-electron chi connectivity index (χ4n) is 2.29. The zero-order valence-electron chi connectivity index (χ0n) is 13.8. The SMILES string of the molecule is CC(C)COc1ccc(-n2cc(C(=O)O)c(N)n2)cc1-c1cnoc1. The fraction of sp³-hybridized carbons (Fsp3) is 0.235. The second-order valence-corrected chi connectivity index (χ2v) is 5.98. The van der Waals surface area contributed by atoms with E-state index in [4.69, 9.17) is 20.1 Å². The Labute approximate surface area is 143 Å². The van der Waals surface area contributed by atoms with E-state index in [1.54, 1.807) is 18.3 Å². The maximum Gasteiger partial charge on any atom is 0.341 e. The molecule has 0 spiro atoms. The average molecular weight is 342 g/mol. The molecule has 0 atom stereocenters. The Kier molecular flexibility index (Phi) is 4.42. The molecule has 0 aliphatic rings. The van der Waals surface area contributed by atoms with Crippen LogP contribution in [0.25, 0.3) is 16.8 Å². The number of ether oxygens (including phenoxy) is 1. The van der Waals surface area contributed by atoms with Crippen LogP contribution >= 0.6 is 0 Å². The van der Waals surface area contributed by atoms with Crippen molar-refractivity contribution >= 4 is 11.8 Å². The summed E-state index contributed by atoms with van der Waals surface area (Å²) in [5.41, 5.74) is 7.78. The third-order valence-electron chi connectivity index (χ3n) is 3.52. The Morgan fingerprint density at radius 1 is 1.44 bits per heavy atom. The first-order chi connectivity index (χ1) is 12.0. The van der Waals surface area contributed by atoms with Crippen LogP contribution in [0.4, 0.5) is 5.82 Å². The second kappa shape index (κ2) is 6.68. The molecule has 0 radical (unpaired) electrons. The molecule has 0 saturated heterocycles. The summed E-state index contributed by atoms with van der Waals surface area (Å²) in [6.07, 6.45) is 4.47. The summed E-state index contributed by atoms with van der Waals surface area (Å²) < 4.78 is 12.2. The molecule has 0 aliphatic carbocycles. The van der Waals surface area contributed by atoms with Gasteiger partial charge in [-0.15, -0.1) is 5.10 Å². The van der Waals surface area contributed by atoms with Crippen molar-refractivity contribution in [3.8, 4) is 22.6 Å². The van der Waals surface area contributed by atoms with Crippen LogP contribution in [0.15, 0.2) is 41.4 Å². The van der Waals surface area contributed by atoms with Gasteiger partial charge in [0, 0.05) is 17.3 Å². The highest BCUT2D eigenvalue weighted by molar-refractivity contribution is 5.92. The molecule has 1 aromatic carbocycles. The van der Waals surface area contributed by atoms with E-state index in [0.717, 1.165) is 11.1 Å². The number of aromatic nitrogens is 3. The van der Waals surface area contributed by atoms with Crippen molar-refractivity contribution in [3.05, 3.63) is 42.4 Å². The van der Waals surface area contributed by atoms with Gasteiger partial charge in [-0.1, -0.05) is 19.0 Å². The van der Waals surface area contributed by atoms with Crippen molar-refractivity contribution in [2.24, 2.45) is 5.92 Å². The van der Waals surface area contributed by atoms with Crippen LogP contribution in [0.5, 0.6) is 5.75 Å². The zero-order chi connectivity index (χ0) is 18.0. The molecule has 0 aliphatic heterocycles. The number of carboxylic acids is 1. The lowest BCUT2D eigenvalue weighted by Crippen LogP contribution is -2.06. The van der Waals surface area contributed by atoms with E-state index < -0.39 is 5.97 Å². The highest BCUT2D eigenvalue weighted by atomic mass is 16.5. The quantitative estimate of drug-likeness (QED) is 0.707. The summed E-state index contributed by atoms with van der Waals surface area (Å²) in [6, 6.07) is 5.41. The number of aromatic carboxylic acids is 1. The summed E-state index contributed by atoms with van der Waals surface area (Å²) in [6.45, 7) is 4.69. The lowest BCUT2D eigenvalue weighted by atomic mass is 10.1. The molecule has 3 rings (SSSR count). The van der Waals surface area contributed by atoms with Gasteiger partial charge in [0.25, 0.3) is 0 Å². The molecule has 0 fully saturated rings. The van der Waals surface area contributed by atoms with Gasteiger partial charge < -0.3 is 20.1 Å². The van der Waals surface area contributed by atoms with Crippen LogP contribution in [0, 0.1) is 5.92 Å². The third kappa shape index (κ3) is 3.47. The van der Waals surface area contributed by atoms with Gasteiger partial charge in [-0.3, -0.25) is 0 Å². The minimum Gasteiger partial charge on any atom is -0.493 e. The Bertz CT molecular complexity index is 884. The van der Waals surface area contributed by atoms with Crippen molar-refractivity contribution < 1.29 is 19.2 Å². The van der Waals surface area contributed by atoms with Gasteiger partial charge in [0.2, 0.25) is 0 Å². The van der Waals surface area contributed by atoms with Crippen LogP contribution in [0.1, 0.15) is 24.2 Å². The number of nitrogens with zero attached hydrogens (tertiary/aromatic N) is 3. The second-order valence-electron chi connectivity index (χ2n) is 5.98. The minimum atomic E-state index is -1.13. The van der Waals surface area contributed by atoms with Gasteiger partial charge in [0.15, 0.2) is 5.82 Å². The number of nitrogens with two attached hydrogens (primary N) is 1. The Morgan fingerprint density at radius 2 is 2.24 bits per heavy atom. The van der Waals surface area contributed by atoms with E-state index in [-0.39, 0.29) is 11.4 Å². The van der Waals surface area contributed by atoms with Crippen LogP contribution in [-0.4, -0.2) is 32.6 Å². The summed E-state index contributed by atoms with van der Waals surface area (Å²) in [5, 5.41) is 16.9. The molecule has 25 heavy (non-hydrogen) atoms. The number of rotatable bonds is 6. The molecule has 8 heteroatoms. The molecule has 0 bridgehead atoms. The summed E-state index contributed by atoms with van der Waals surface area (Å²) in [5.74, 6) is -0.114. The molecule has 2 heterocycles. The van der Waals surface area contributed by atoms with E-state index in [9.17, 15) is 4.79 Å². The van der Waals surface area contributed by atoms with E-state index in [0.29, 0.717) is 24.0 Å². The molecule has 0 amide bonds. The van der Waals surface area contributed by atoms with Crippen molar-refractivity contribution in [1.82, 2.24) is 14.9 Å². The summed E-state index contributed by atoms with van der Waals surface area (Å²) in [7, 11) is 0. The number of nitrogen functional groups attached to an aromatic ring is 1. The maximum atomic E-state index is 11.1. The van der Waals surface area contributed by atoms with E-state index in [1.165, 1.54) is 17.1 Å². The standard InChI is InChI=1S/C17H18N4O4/c1-10(2)8-24-15-4-3-12(5-13(15)11-6-19-25-9-11)21-7-14(17(22)23)16(18)20-21/h3-7,9-10H,8H2,1-2H3,(H2,18,20)(H,22,23). The molecular formula is C17H18N4O4. The molecule has 2 aromatic heterocycles. The fourth-order valence-corrected chi connectivity index (χ4v) is 2.29. The predicted octanol–water partition coefficient (Wildman–Crippen LogP) is 2.84. The van der Waals surface area contributed by atoms with Gasteiger partial charge in [-0.2, -0.15) is 0 Å². The molecule has 8 nitrogen and oxygen atoms in total. The Hall–Kier alpha value is -3.29. The van der Waals surface area contributed by atoms with Crippen molar-refractivity contribution in [3.63, 3.8) is 0 Å². The van der Waals surface area contributed by atoms with Crippen LogP contribution < -0.4 is 10.5 Å². The third-order valence-corrected chi connectivity index (χ3v) is 3.52. The predicted molar refractivity (Wildman–Crippen MR) is 90.8 cm³/mol. The van der Waals surface area contributed by atoms with Crippen LogP contribution in [-0.2, 0) is 0 Å². The first-order valence-electron chi connectivity index (χ1n) is 7.71. The Balaban J connectivity index is 2.03. The minimum absolute atomic E-state index is 0.0424. The normalized spacial score (nSPS) is 11.0. The molecule has 3 aromatic rings. The molecule has 0 unspecified atom stereocenters. The average Bonchev–Trinajstić information content (AvgIpc) is 3.22. The number of anilines is 1. The largest absolute Gasteiger partial charge is 0.493 e. The summed E-state index contributed by atoms with van der Waals surface area (Å²) >= 11 is 0. The number of hydrogen-bond donors (Lipinski definition) is 2. The molecular weight excluding hydrogens is 324 g/mol. The highest BCUT2D eigenvalue weighted by Gasteiger charge is 2.16. The summed E-state index contributed by atoms with van der Waals surface area (Å²) in [4.78, 5) is 11.1. The van der Waals surface area contributed by atoms with Gasteiger partial charge in [0.05, 0.1) is 18.5 Å². The molecule has 130 valence electrons. The highest BCUT2D eigenvalue weighted by Crippen LogP contribution is 2.32. The van der Waals surface area contributed by atoms with Crippen molar-refractivity contribution in [2.45, 2.75) is 13.8 Å². The molecule has 3 N–H and O–H groups in total. The van der Waals surface area contributed by atoms with Gasteiger partial charge in [0.1, 0.15) is 17.6 Å². The van der Waals surface area contributed by atoms with Gasteiger partial charge >= 0.3 is 5.97 Å². The van der Waals surface area contributed by atoms with Crippen LogP contribution in [0.2, 0.25) is 0 Å². The number of hydrogen-bond acceptors (Lipinski definition) is 6. The number of carboxylic acid groups (broad SMARTS) is 1. The van der Waals surface area contributed by atoms with Gasteiger partial charge in [-0.05, 0) is 24.1 Å². The van der Waals surface area contributed by atoms with Crippen LogP contribution in [0.3, 0.4) is 0 Å². The zero-order valence-corrected chi connectivity index (χ0v) is 13.8. The van der Waals surface area contributed by atoms with Gasteiger partial charge in [-0.25, -0.2) is 9.48 Å². The topological polar surface area (TPSA) is 116 Å². The van der Waals surface area contributed by atoms with E-state index in [2.05, 4.69) is 24.1 Å². The lowest BCUT2D eigenvalue weighted by molar-refractivity contribution is 0.0698. The van der Waals surface area contributed by atoms with Crippen molar-refractivity contribution in [1.29, 1.82) is 0 Å². The first kappa shape index (κ1) is 16.6. The number of carbonyl (C=O) groups is 1. The van der Waals surface area contributed by atoms with E-state index in [1.807, 2.05) is 6.07 Å². The number of benzene rings is 1. The monoisotopic (exact) mass is 342 g/mol. The maximum absolute atomic E-state index is 11.1. The van der Waals surface area contributed by atoms with Crippen molar-refractivity contribution in [2.75, 3.05) is 12.3 Å². The Morgan fingerprint density at radius 3 is 2.84 bits per heavy atom.